The highest BCUT2D eigenvalue weighted by molar-refractivity contribution is 6.34. The molecule has 0 aliphatic carbocycles. The molecule has 1 rings (SSSR count). The summed E-state index contributed by atoms with van der Waals surface area (Å²) in [5.41, 5.74) is 7.19. The van der Waals surface area contributed by atoms with E-state index in [4.69, 9.17) is 5.73 Å². The lowest BCUT2D eigenvalue weighted by molar-refractivity contribution is -0.143. The van der Waals surface area contributed by atoms with E-state index in [0.29, 0.717) is 6.54 Å². The van der Waals surface area contributed by atoms with E-state index < -0.39 is 11.8 Å². The van der Waals surface area contributed by atoms with Crippen LogP contribution in [0.5, 0.6) is 0 Å². The van der Waals surface area contributed by atoms with Crippen LogP contribution in [0, 0.1) is 0 Å². The maximum atomic E-state index is 11.3. The number of nitrogens with zero attached hydrogens (tertiary/aromatic N) is 1. The van der Waals surface area contributed by atoms with Gasteiger partial charge in [0.25, 0.3) is 0 Å². The topological polar surface area (TPSA) is 63.4 Å². The van der Waals surface area contributed by atoms with E-state index in [2.05, 4.69) is 6.92 Å². The van der Waals surface area contributed by atoms with Crippen molar-refractivity contribution in [2.45, 2.75) is 26.3 Å². The van der Waals surface area contributed by atoms with Gasteiger partial charge in [0.15, 0.2) is 0 Å². The van der Waals surface area contributed by atoms with Crippen LogP contribution in [-0.2, 0) is 22.6 Å². The van der Waals surface area contributed by atoms with E-state index >= 15 is 0 Å². The summed E-state index contributed by atoms with van der Waals surface area (Å²) in [6.07, 6.45) is 2.16. The van der Waals surface area contributed by atoms with E-state index in [1.165, 1.54) is 10.5 Å². The van der Waals surface area contributed by atoms with E-state index in [1.807, 2.05) is 24.3 Å². The van der Waals surface area contributed by atoms with Crippen molar-refractivity contribution in [3.8, 4) is 0 Å². The smallest absolute Gasteiger partial charge is 0.311 e. The third-order valence-corrected chi connectivity index (χ3v) is 2.54. The summed E-state index contributed by atoms with van der Waals surface area (Å²) in [6, 6.07) is 8.02. The maximum absolute atomic E-state index is 11.3. The first-order chi connectivity index (χ1) is 8.04. The normalized spacial score (nSPS) is 10.0. The number of amides is 2. The van der Waals surface area contributed by atoms with Gasteiger partial charge in [0.1, 0.15) is 0 Å². The summed E-state index contributed by atoms with van der Waals surface area (Å²) in [5, 5.41) is 0. The van der Waals surface area contributed by atoms with Crippen LogP contribution in [0.1, 0.15) is 24.5 Å². The molecule has 17 heavy (non-hydrogen) atoms. The molecule has 0 bridgehead atoms. The van der Waals surface area contributed by atoms with Crippen molar-refractivity contribution in [1.82, 2.24) is 4.90 Å². The Hall–Kier alpha value is -1.84. The van der Waals surface area contributed by atoms with Gasteiger partial charge in [0, 0.05) is 13.6 Å². The highest BCUT2D eigenvalue weighted by atomic mass is 16.2. The minimum Gasteiger partial charge on any atom is -0.361 e. The Morgan fingerprint density at radius 3 is 2.18 bits per heavy atom. The summed E-state index contributed by atoms with van der Waals surface area (Å²) in [4.78, 5) is 23.3. The molecule has 0 fully saturated rings. The van der Waals surface area contributed by atoms with Crippen molar-refractivity contribution < 1.29 is 9.59 Å². The molecule has 1 aromatic carbocycles. The Morgan fingerprint density at radius 2 is 1.71 bits per heavy atom. The number of benzene rings is 1. The summed E-state index contributed by atoms with van der Waals surface area (Å²) in [5.74, 6) is -1.59. The average molecular weight is 234 g/mol. The lowest BCUT2D eigenvalue weighted by atomic mass is 10.1. The van der Waals surface area contributed by atoms with Crippen molar-refractivity contribution in [3.63, 3.8) is 0 Å². The van der Waals surface area contributed by atoms with Crippen LogP contribution in [-0.4, -0.2) is 23.8 Å². The average Bonchev–Trinajstić information content (AvgIpc) is 2.30. The van der Waals surface area contributed by atoms with E-state index in [9.17, 15) is 9.59 Å². The number of hydrogen-bond donors (Lipinski definition) is 1. The second-order valence-corrected chi connectivity index (χ2v) is 4.09. The molecule has 0 radical (unpaired) electrons. The number of nitrogens with two attached hydrogens (primary N) is 1. The lowest BCUT2D eigenvalue weighted by Crippen LogP contribution is -2.37. The van der Waals surface area contributed by atoms with Crippen LogP contribution in [0.4, 0.5) is 0 Å². The Labute approximate surface area is 101 Å². The number of carbonyl (C=O) groups excluding carboxylic acids is 2. The standard InChI is InChI=1S/C13H18N2O2/c1-3-4-10-5-7-11(8-6-10)9-15(2)13(17)12(14)16/h5-8H,3-4,9H2,1-2H3,(H2,14,16). The van der Waals surface area contributed by atoms with Gasteiger partial charge in [-0.1, -0.05) is 37.6 Å². The van der Waals surface area contributed by atoms with Crippen LogP contribution in [0.2, 0.25) is 0 Å². The molecule has 0 aliphatic heterocycles. The number of rotatable bonds is 4. The fourth-order valence-corrected chi connectivity index (χ4v) is 1.63. The van der Waals surface area contributed by atoms with E-state index in [-0.39, 0.29) is 0 Å². The quantitative estimate of drug-likeness (QED) is 0.792. The van der Waals surface area contributed by atoms with Crippen LogP contribution in [0.25, 0.3) is 0 Å². The zero-order valence-electron chi connectivity index (χ0n) is 10.3. The second kappa shape index (κ2) is 6.03. The number of primary amides is 1. The lowest BCUT2D eigenvalue weighted by Gasteiger charge is -2.15. The van der Waals surface area contributed by atoms with E-state index in [0.717, 1.165) is 18.4 Å². The van der Waals surface area contributed by atoms with Gasteiger partial charge >= 0.3 is 11.8 Å². The molecule has 4 nitrogen and oxygen atoms in total. The molecule has 0 aromatic heterocycles. The Balaban J connectivity index is 2.63. The molecular formula is C13H18N2O2. The molecular weight excluding hydrogens is 216 g/mol. The second-order valence-electron chi connectivity index (χ2n) is 4.09. The molecule has 2 amide bonds. The molecule has 0 atom stereocenters. The van der Waals surface area contributed by atoms with Gasteiger partial charge in [-0.05, 0) is 17.5 Å². The van der Waals surface area contributed by atoms with Gasteiger partial charge in [0.2, 0.25) is 0 Å². The SMILES string of the molecule is CCCc1ccc(CN(C)C(=O)C(N)=O)cc1. The van der Waals surface area contributed by atoms with Crippen molar-refractivity contribution in [3.05, 3.63) is 35.4 Å². The van der Waals surface area contributed by atoms with Gasteiger partial charge < -0.3 is 10.6 Å². The summed E-state index contributed by atoms with van der Waals surface area (Å²) >= 11 is 0. The molecule has 92 valence electrons. The number of carbonyl (C=O) groups is 2. The largest absolute Gasteiger partial charge is 0.361 e. The molecule has 1 aromatic rings. The molecule has 4 heteroatoms. The van der Waals surface area contributed by atoms with Crippen molar-refractivity contribution >= 4 is 11.8 Å². The Bertz CT molecular complexity index is 398. The first-order valence-electron chi connectivity index (χ1n) is 5.67. The highest BCUT2D eigenvalue weighted by Crippen LogP contribution is 2.08. The highest BCUT2D eigenvalue weighted by Gasteiger charge is 2.14. The number of hydrogen-bond acceptors (Lipinski definition) is 2. The Kier molecular flexibility index (Phi) is 4.69. The Morgan fingerprint density at radius 1 is 1.18 bits per heavy atom. The van der Waals surface area contributed by atoms with E-state index in [1.54, 1.807) is 7.05 Å². The summed E-state index contributed by atoms with van der Waals surface area (Å²) in [6.45, 7) is 2.53. The molecule has 0 spiro atoms. The van der Waals surface area contributed by atoms with Crippen LogP contribution >= 0.6 is 0 Å². The minimum absolute atomic E-state index is 0.397. The zero-order chi connectivity index (χ0) is 12.8. The first-order valence-corrected chi connectivity index (χ1v) is 5.67. The van der Waals surface area contributed by atoms with Gasteiger partial charge in [-0.3, -0.25) is 9.59 Å². The van der Waals surface area contributed by atoms with Gasteiger partial charge in [-0.25, -0.2) is 0 Å². The molecule has 0 saturated carbocycles. The third-order valence-electron chi connectivity index (χ3n) is 2.54. The fourth-order valence-electron chi connectivity index (χ4n) is 1.63. The minimum atomic E-state index is -0.921. The monoisotopic (exact) mass is 234 g/mol. The maximum Gasteiger partial charge on any atom is 0.311 e. The van der Waals surface area contributed by atoms with Crippen LogP contribution < -0.4 is 5.73 Å². The van der Waals surface area contributed by atoms with Crippen molar-refractivity contribution in [2.24, 2.45) is 5.73 Å². The number of aryl methyl sites for hydroxylation is 1. The van der Waals surface area contributed by atoms with Gasteiger partial charge in [-0.2, -0.15) is 0 Å². The summed E-state index contributed by atoms with van der Waals surface area (Å²) in [7, 11) is 1.56. The number of likely N-dealkylation sites (N-methyl/N-ethyl adjacent to an activating group) is 1. The third kappa shape index (κ3) is 3.90. The predicted octanol–water partition coefficient (Wildman–Crippen LogP) is 1.08. The predicted molar refractivity (Wildman–Crippen MR) is 66.1 cm³/mol. The van der Waals surface area contributed by atoms with Crippen LogP contribution in [0.15, 0.2) is 24.3 Å². The first kappa shape index (κ1) is 13.2. The molecule has 2 N–H and O–H groups in total. The van der Waals surface area contributed by atoms with Crippen molar-refractivity contribution in [2.75, 3.05) is 7.05 Å². The van der Waals surface area contributed by atoms with Gasteiger partial charge in [-0.15, -0.1) is 0 Å². The zero-order valence-corrected chi connectivity index (χ0v) is 10.3. The fraction of sp³-hybridized carbons (Fsp3) is 0.385. The van der Waals surface area contributed by atoms with Crippen molar-refractivity contribution in [1.29, 1.82) is 0 Å². The summed E-state index contributed by atoms with van der Waals surface area (Å²) < 4.78 is 0. The van der Waals surface area contributed by atoms with Crippen LogP contribution in [0.3, 0.4) is 0 Å². The molecule has 0 heterocycles. The molecule has 0 saturated heterocycles. The molecule has 0 unspecified atom stereocenters. The van der Waals surface area contributed by atoms with Gasteiger partial charge in [0.05, 0.1) is 0 Å². The molecule has 0 aliphatic rings.